The van der Waals surface area contributed by atoms with Crippen molar-refractivity contribution < 1.29 is 33.8 Å². The first kappa shape index (κ1) is 18.4. The molecule has 1 saturated heterocycles. The lowest BCUT2D eigenvalue weighted by Crippen LogP contribution is -3.15. The molecule has 1 fully saturated rings. The van der Waals surface area contributed by atoms with Gasteiger partial charge in [-0.05, 0) is 18.2 Å². The number of carbonyl (C=O) groups is 2. The Balaban J connectivity index is 1.69. The maximum absolute atomic E-state index is 12.0. The molecule has 0 aliphatic carbocycles. The van der Waals surface area contributed by atoms with Gasteiger partial charge in [0.15, 0.2) is 11.5 Å². The monoisotopic (exact) mass is 366 g/mol. The van der Waals surface area contributed by atoms with Gasteiger partial charge in [-0.2, -0.15) is 0 Å². The van der Waals surface area contributed by atoms with E-state index in [0.29, 0.717) is 31.3 Å². The minimum absolute atomic E-state index is 0.0389. The Morgan fingerprint density at radius 3 is 2.62 bits per heavy atom. The van der Waals surface area contributed by atoms with E-state index in [-0.39, 0.29) is 26.0 Å². The molecule has 26 heavy (non-hydrogen) atoms. The molecule has 0 bridgehead atoms. The molecule has 0 aromatic heterocycles. The van der Waals surface area contributed by atoms with Crippen LogP contribution in [0.1, 0.15) is 11.6 Å². The van der Waals surface area contributed by atoms with Crippen LogP contribution in [0.4, 0.5) is 0 Å². The highest BCUT2D eigenvalue weighted by Crippen LogP contribution is 2.33. The molecule has 2 aliphatic heterocycles. The number of aliphatic hydroxyl groups excluding tert-OH is 1. The van der Waals surface area contributed by atoms with Gasteiger partial charge in [-0.3, -0.25) is 9.59 Å². The number of carbonyl (C=O) groups excluding carboxylic acids is 2. The van der Waals surface area contributed by atoms with Crippen LogP contribution in [0.15, 0.2) is 18.2 Å². The Kier molecular flexibility index (Phi) is 6.26. The van der Waals surface area contributed by atoms with Gasteiger partial charge >= 0.3 is 11.8 Å². The summed E-state index contributed by atoms with van der Waals surface area (Å²) in [6.45, 7) is 3.28. The van der Waals surface area contributed by atoms with Gasteiger partial charge in [-0.15, -0.1) is 0 Å². The zero-order chi connectivity index (χ0) is 18.4. The van der Waals surface area contributed by atoms with Gasteiger partial charge < -0.3 is 34.9 Å². The maximum atomic E-state index is 12.0. The Morgan fingerprint density at radius 1 is 1.12 bits per heavy atom. The van der Waals surface area contributed by atoms with Crippen LogP contribution in [-0.2, 0) is 14.3 Å². The van der Waals surface area contributed by atoms with E-state index >= 15 is 0 Å². The highest BCUT2D eigenvalue weighted by molar-refractivity contribution is 6.35. The third-order valence-electron chi connectivity index (χ3n) is 4.50. The predicted octanol–water partition coefficient (Wildman–Crippen LogP) is -2.40. The lowest BCUT2D eigenvalue weighted by atomic mass is 10.0. The number of aliphatic hydroxyl groups is 1. The fraction of sp³-hybridized carbons (Fsp3) is 0.529. The molecular formula is C17H24N3O6+. The summed E-state index contributed by atoms with van der Waals surface area (Å²) in [6.07, 6.45) is 0. The average molecular weight is 366 g/mol. The van der Waals surface area contributed by atoms with Gasteiger partial charge in [0.25, 0.3) is 0 Å². The van der Waals surface area contributed by atoms with Crippen LogP contribution in [0.25, 0.3) is 0 Å². The van der Waals surface area contributed by atoms with Gasteiger partial charge in [0.05, 0.1) is 26.4 Å². The molecule has 0 unspecified atom stereocenters. The SMILES string of the molecule is O=C(NCCO)C(=O)NC[C@@H](c1ccc2c(c1)OCO2)[NH+]1CCOCC1. The smallest absolute Gasteiger partial charge is 0.309 e. The molecule has 0 spiro atoms. The van der Waals surface area contributed by atoms with Crippen LogP contribution in [0.5, 0.6) is 11.5 Å². The molecule has 0 saturated carbocycles. The molecule has 2 heterocycles. The van der Waals surface area contributed by atoms with Crippen LogP contribution in [0.3, 0.4) is 0 Å². The van der Waals surface area contributed by atoms with Gasteiger partial charge in [-0.1, -0.05) is 0 Å². The van der Waals surface area contributed by atoms with E-state index in [1.54, 1.807) is 0 Å². The average Bonchev–Trinajstić information content (AvgIpc) is 3.15. The highest BCUT2D eigenvalue weighted by Gasteiger charge is 2.29. The van der Waals surface area contributed by atoms with Crippen molar-refractivity contribution in [3.05, 3.63) is 23.8 Å². The van der Waals surface area contributed by atoms with Crippen molar-refractivity contribution in [3.8, 4) is 11.5 Å². The Labute approximate surface area is 151 Å². The van der Waals surface area contributed by atoms with E-state index < -0.39 is 11.8 Å². The van der Waals surface area contributed by atoms with Gasteiger partial charge in [-0.25, -0.2) is 0 Å². The Hall–Kier alpha value is -2.36. The summed E-state index contributed by atoms with van der Waals surface area (Å²) >= 11 is 0. The zero-order valence-corrected chi connectivity index (χ0v) is 14.5. The first-order valence-electron chi connectivity index (χ1n) is 8.68. The second kappa shape index (κ2) is 8.84. The van der Waals surface area contributed by atoms with E-state index in [0.717, 1.165) is 18.7 Å². The summed E-state index contributed by atoms with van der Waals surface area (Å²) < 4.78 is 16.2. The molecule has 1 atom stereocenters. The summed E-state index contributed by atoms with van der Waals surface area (Å²) in [5.41, 5.74) is 1.00. The zero-order valence-electron chi connectivity index (χ0n) is 14.5. The van der Waals surface area contributed by atoms with E-state index in [4.69, 9.17) is 19.3 Å². The van der Waals surface area contributed by atoms with Gasteiger partial charge in [0.1, 0.15) is 19.1 Å². The fourth-order valence-electron chi connectivity index (χ4n) is 3.13. The Bertz CT molecular complexity index is 647. The van der Waals surface area contributed by atoms with Crippen LogP contribution >= 0.6 is 0 Å². The number of ether oxygens (including phenoxy) is 3. The number of amides is 2. The maximum Gasteiger partial charge on any atom is 0.309 e. The molecule has 2 aliphatic rings. The number of quaternary nitrogens is 1. The second-order valence-corrected chi connectivity index (χ2v) is 6.13. The highest BCUT2D eigenvalue weighted by atomic mass is 16.7. The van der Waals surface area contributed by atoms with Crippen molar-refractivity contribution >= 4 is 11.8 Å². The Morgan fingerprint density at radius 2 is 1.85 bits per heavy atom. The van der Waals surface area contributed by atoms with Crippen molar-refractivity contribution in [1.82, 2.24) is 10.6 Å². The number of nitrogens with one attached hydrogen (secondary N) is 3. The van der Waals surface area contributed by atoms with Crippen LogP contribution < -0.4 is 25.0 Å². The number of hydrogen-bond donors (Lipinski definition) is 4. The van der Waals surface area contributed by atoms with E-state index in [9.17, 15) is 9.59 Å². The van der Waals surface area contributed by atoms with Crippen molar-refractivity contribution in [2.24, 2.45) is 0 Å². The summed E-state index contributed by atoms with van der Waals surface area (Å²) in [6, 6.07) is 5.70. The molecule has 1 aromatic carbocycles. The molecule has 2 amide bonds. The quantitative estimate of drug-likeness (QED) is 0.418. The molecule has 1 aromatic rings. The first-order valence-corrected chi connectivity index (χ1v) is 8.68. The van der Waals surface area contributed by atoms with Crippen LogP contribution in [0, 0.1) is 0 Å². The fourth-order valence-corrected chi connectivity index (χ4v) is 3.13. The van der Waals surface area contributed by atoms with E-state index in [2.05, 4.69) is 10.6 Å². The number of benzene rings is 1. The standard InChI is InChI=1S/C17H23N3O6/c21-6-3-18-16(22)17(23)19-10-13(20-4-7-24-8-5-20)12-1-2-14-15(9-12)26-11-25-14/h1-2,9,13,21H,3-8,10-11H2,(H,18,22)(H,19,23)/p+1/t13-/m0/s1. The van der Waals surface area contributed by atoms with Crippen LogP contribution in [0.2, 0.25) is 0 Å². The summed E-state index contributed by atoms with van der Waals surface area (Å²) in [5, 5.41) is 13.8. The topological polar surface area (TPSA) is 111 Å². The predicted molar refractivity (Wildman–Crippen MR) is 89.9 cm³/mol. The van der Waals surface area contributed by atoms with Crippen molar-refractivity contribution in [2.45, 2.75) is 6.04 Å². The minimum Gasteiger partial charge on any atom is -0.454 e. The molecule has 0 radical (unpaired) electrons. The molecule has 3 rings (SSSR count). The summed E-state index contributed by atoms with van der Waals surface area (Å²) in [4.78, 5) is 24.9. The molecule has 9 heteroatoms. The van der Waals surface area contributed by atoms with Gasteiger partial charge in [0.2, 0.25) is 6.79 Å². The lowest BCUT2D eigenvalue weighted by molar-refractivity contribution is -0.937. The summed E-state index contributed by atoms with van der Waals surface area (Å²) in [5.74, 6) is -0.0682. The third-order valence-corrected chi connectivity index (χ3v) is 4.50. The lowest BCUT2D eigenvalue weighted by Gasteiger charge is -2.32. The minimum atomic E-state index is -0.750. The van der Waals surface area contributed by atoms with Crippen molar-refractivity contribution in [3.63, 3.8) is 0 Å². The van der Waals surface area contributed by atoms with Crippen molar-refractivity contribution in [1.29, 1.82) is 0 Å². The third kappa shape index (κ3) is 4.43. The molecule has 9 nitrogen and oxygen atoms in total. The van der Waals surface area contributed by atoms with Crippen molar-refractivity contribution in [2.75, 3.05) is 52.8 Å². The van der Waals surface area contributed by atoms with Crippen LogP contribution in [-0.4, -0.2) is 69.7 Å². The number of morpholine rings is 1. The van der Waals surface area contributed by atoms with E-state index in [1.807, 2.05) is 18.2 Å². The first-order chi connectivity index (χ1) is 12.7. The summed E-state index contributed by atoms with van der Waals surface area (Å²) in [7, 11) is 0. The largest absolute Gasteiger partial charge is 0.454 e. The number of hydrogen-bond acceptors (Lipinski definition) is 6. The second-order valence-electron chi connectivity index (χ2n) is 6.13. The number of rotatable bonds is 6. The normalized spacial score (nSPS) is 17.6. The number of fused-ring (bicyclic) bond motifs is 1. The molecule has 4 N–H and O–H groups in total. The van der Waals surface area contributed by atoms with E-state index in [1.165, 1.54) is 4.90 Å². The van der Waals surface area contributed by atoms with Gasteiger partial charge in [0, 0.05) is 12.1 Å². The molecular weight excluding hydrogens is 342 g/mol. The molecule has 142 valence electrons.